The number of aliphatic hydroxyl groups is 1. The number of nitrogens with one attached hydrogen (secondary N) is 1. The van der Waals surface area contributed by atoms with Crippen LogP contribution in [0.25, 0.3) is 0 Å². The number of thiol groups is 1. The summed E-state index contributed by atoms with van der Waals surface area (Å²) in [6.07, 6.45) is 0.431. The van der Waals surface area contributed by atoms with Gasteiger partial charge < -0.3 is 24.6 Å². The van der Waals surface area contributed by atoms with E-state index in [2.05, 4.69) is 17.9 Å². The van der Waals surface area contributed by atoms with Crippen LogP contribution in [0.2, 0.25) is 0 Å². The molecule has 6 nitrogen and oxygen atoms in total. The van der Waals surface area contributed by atoms with Gasteiger partial charge in [-0.15, -0.1) is 0 Å². The molecule has 2 N–H and O–H groups in total. The highest BCUT2D eigenvalue weighted by molar-refractivity contribution is 7.80. The van der Waals surface area contributed by atoms with E-state index in [-0.39, 0.29) is 12.5 Å². The van der Waals surface area contributed by atoms with E-state index in [1.54, 1.807) is 0 Å². The number of hydrogen-bond acceptors (Lipinski definition) is 6. The summed E-state index contributed by atoms with van der Waals surface area (Å²) in [7, 11) is 0. The quantitative estimate of drug-likeness (QED) is 0.312. The summed E-state index contributed by atoms with van der Waals surface area (Å²) < 4.78 is 15.5. The van der Waals surface area contributed by atoms with Crippen molar-refractivity contribution in [3.05, 3.63) is 0 Å². The first-order valence-electron chi connectivity index (χ1n) is 6.03. The molecule has 0 atom stereocenters. The molecular weight excluding hydrogens is 258 g/mol. The van der Waals surface area contributed by atoms with Crippen LogP contribution in [0.1, 0.15) is 6.42 Å². The van der Waals surface area contributed by atoms with Gasteiger partial charge >= 0.3 is 0 Å². The summed E-state index contributed by atoms with van der Waals surface area (Å²) >= 11 is 3.96. The molecule has 0 radical (unpaired) electrons. The molecule has 0 aliphatic heterocycles. The van der Waals surface area contributed by atoms with Crippen LogP contribution in [0.5, 0.6) is 0 Å². The zero-order chi connectivity index (χ0) is 13.5. The van der Waals surface area contributed by atoms with E-state index in [1.807, 2.05) is 0 Å². The van der Waals surface area contributed by atoms with Gasteiger partial charge in [0, 0.05) is 13.0 Å². The molecule has 0 aromatic rings. The lowest BCUT2D eigenvalue weighted by molar-refractivity contribution is -0.120. The Labute approximate surface area is 113 Å². The molecule has 0 fully saturated rings. The van der Waals surface area contributed by atoms with Gasteiger partial charge in [-0.1, -0.05) is 0 Å². The maximum atomic E-state index is 11.0. The molecule has 0 aliphatic carbocycles. The van der Waals surface area contributed by atoms with Crippen molar-refractivity contribution in [1.29, 1.82) is 0 Å². The molecule has 0 aliphatic rings. The second kappa shape index (κ2) is 14.7. The lowest BCUT2D eigenvalue weighted by Crippen LogP contribution is -2.27. The molecule has 0 aromatic carbocycles. The van der Waals surface area contributed by atoms with Crippen molar-refractivity contribution >= 4 is 18.5 Å². The third-order valence-corrected chi connectivity index (χ3v) is 2.11. The number of carbonyl (C=O) groups is 1. The lowest BCUT2D eigenvalue weighted by Gasteiger charge is -2.07. The van der Waals surface area contributed by atoms with Crippen molar-refractivity contribution in [2.24, 2.45) is 0 Å². The Morgan fingerprint density at radius 2 is 1.56 bits per heavy atom. The van der Waals surface area contributed by atoms with E-state index in [4.69, 9.17) is 19.3 Å². The van der Waals surface area contributed by atoms with Gasteiger partial charge in [-0.25, -0.2) is 0 Å². The molecule has 108 valence electrons. The second-order valence-electron chi connectivity index (χ2n) is 3.38. The van der Waals surface area contributed by atoms with Gasteiger partial charge in [0.05, 0.1) is 46.2 Å². The van der Waals surface area contributed by atoms with Crippen LogP contribution in [-0.2, 0) is 19.0 Å². The molecule has 0 rings (SSSR count). The largest absolute Gasteiger partial charge is 0.394 e. The smallest absolute Gasteiger partial charge is 0.220 e. The van der Waals surface area contributed by atoms with Gasteiger partial charge in [-0.3, -0.25) is 4.79 Å². The standard InChI is InChI=1S/C11H23NO5S/c13-3-5-16-7-9-17-8-6-15-4-2-12-11(14)1-10-18/h13,18H,1-10H2,(H,12,14). The molecule has 0 saturated carbocycles. The molecule has 1 amide bonds. The average molecular weight is 281 g/mol. The van der Waals surface area contributed by atoms with E-state index >= 15 is 0 Å². The molecule has 18 heavy (non-hydrogen) atoms. The van der Waals surface area contributed by atoms with Crippen LogP contribution in [0.15, 0.2) is 0 Å². The van der Waals surface area contributed by atoms with Gasteiger partial charge in [0.15, 0.2) is 0 Å². The predicted molar refractivity (Wildman–Crippen MR) is 71.0 cm³/mol. The maximum Gasteiger partial charge on any atom is 0.220 e. The van der Waals surface area contributed by atoms with Crippen molar-refractivity contribution in [2.45, 2.75) is 6.42 Å². The molecule has 0 aromatic heterocycles. The van der Waals surface area contributed by atoms with Gasteiger partial charge in [-0.05, 0) is 5.75 Å². The summed E-state index contributed by atoms with van der Waals surface area (Å²) in [5.41, 5.74) is 0. The molecule has 0 saturated heterocycles. The molecule has 0 spiro atoms. The van der Waals surface area contributed by atoms with E-state index in [1.165, 1.54) is 0 Å². The summed E-state index contributed by atoms with van der Waals surface area (Å²) in [5.74, 6) is 0.546. The van der Waals surface area contributed by atoms with Crippen LogP contribution < -0.4 is 5.32 Å². The highest BCUT2D eigenvalue weighted by atomic mass is 32.1. The molecule has 0 bridgehead atoms. The normalized spacial score (nSPS) is 10.6. The summed E-state index contributed by atoms with van der Waals surface area (Å²) in [6, 6.07) is 0. The van der Waals surface area contributed by atoms with Crippen molar-refractivity contribution < 1.29 is 24.1 Å². The Morgan fingerprint density at radius 3 is 2.11 bits per heavy atom. The fourth-order valence-electron chi connectivity index (χ4n) is 1.06. The minimum atomic E-state index is -0.00844. The van der Waals surface area contributed by atoms with E-state index in [0.717, 1.165) is 0 Å². The first-order chi connectivity index (χ1) is 8.81. The number of amides is 1. The zero-order valence-electron chi connectivity index (χ0n) is 10.6. The summed E-state index contributed by atoms with van der Waals surface area (Å²) in [4.78, 5) is 11.0. The van der Waals surface area contributed by atoms with Crippen LogP contribution in [0, 0.1) is 0 Å². The topological polar surface area (TPSA) is 77.0 Å². The molecule has 0 unspecified atom stereocenters. The SMILES string of the molecule is O=C(CCS)NCCOCCOCCOCCO. The minimum absolute atomic E-state index is 0.00844. The number of rotatable bonds is 13. The number of hydrogen-bond donors (Lipinski definition) is 3. The monoisotopic (exact) mass is 281 g/mol. The lowest BCUT2D eigenvalue weighted by atomic mass is 10.4. The fraction of sp³-hybridized carbons (Fsp3) is 0.909. The Balaban J connectivity index is 3.01. The number of carbonyl (C=O) groups excluding carboxylic acids is 1. The molecule has 7 heteroatoms. The fourth-order valence-corrected chi connectivity index (χ4v) is 1.26. The van der Waals surface area contributed by atoms with Gasteiger partial charge in [0.2, 0.25) is 5.91 Å². The summed E-state index contributed by atoms with van der Waals surface area (Å²) in [5, 5.41) is 11.2. The van der Waals surface area contributed by atoms with E-state index < -0.39 is 0 Å². The Hall–Kier alpha value is -0.340. The summed E-state index contributed by atoms with van der Waals surface area (Å²) in [6.45, 7) is 3.29. The van der Waals surface area contributed by atoms with Gasteiger partial charge in [0.25, 0.3) is 0 Å². The third kappa shape index (κ3) is 13.7. The minimum Gasteiger partial charge on any atom is -0.394 e. The van der Waals surface area contributed by atoms with Crippen LogP contribution >= 0.6 is 12.6 Å². The number of aliphatic hydroxyl groups excluding tert-OH is 1. The average Bonchev–Trinajstić information content (AvgIpc) is 2.36. The predicted octanol–water partition coefficient (Wildman–Crippen LogP) is -0.535. The highest BCUT2D eigenvalue weighted by Crippen LogP contribution is 1.84. The van der Waals surface area contributed by atoms with E-state index in [9.17, 15) is 4.79 Å². The van der Waals surface area contributed by atoms with Crippen LogP contribution in [-0.4, -0.2) is 69.6 Å². The Morgan fingerprint density at radius 1 is 1.00 bits per heavy atom. The van der Waals surface area contributed by atoms with E-state index in [0.29, 0.717) is 58.4 Å². The first-order valence-corrected chi connectivity index (χ1v) is 6.66. The van der Waals surface area contributed by atoms with Gasteiger partial charge in [-0.2, -0.15) is 12.6 Å². The molecular formula is C11H23NO5S. The third-order valence-electron chi connectivity index (χ3n) is 1.89. The van der Waals surface area contributed by atoms with Crippen molar-refractivity contribution in [2.75, 3.05) is 58.5 Å². The molecule has 0 heterocycles. The number of ether oxygens (including phenoxy) is 3. The van der Waals surface area contributed by atoms with Crippen LogP contribution in [0.4, 0.5) is 0 Å². The van der Waals surface area contributed by atoms with Crippen LogP contribution in [0.3, 0.4) is 0 Å². The maximum absolute atomic E-state index is 11.0. The second-order valence-corrected chi connectivity index (χ2v) is 3.83. The Bertz CT molecular complexity index is 194. The Kier molecular flexibility index (Phi) is 14.4. The highest BCUT2D eigenvalue weighted by Gasteiger charge is 1.97. The first kappa shape index (κ1) is 17.7. The van der Waals surface area contributed by atoms with Crippen molar-refractivity contribution in [3.8, 4) is 0 Å². The van der Waals surface area contributed by atoms with Gasteiger partial charge in [0.1, 0.15) is 0 Å². The van der Waals surface area contributed by atoms with Crippen molar-refractivity contribution in [3.63, 3.8) is 0 Å². The van der Waals surface area contributed by atoms with Crippen molar-refractivity contribution in [1.82, 2.24) is 5.32 Å². The zero-order valence-corrected chi connectivity index (χ0v) is 11.5.